The number of methoxy groups -OCH3 is 1. The van der Waals surface area contributed by atoms with Crippen molar-refractivity contribution >= 4 is 5.97 Å². The topological polar surface area (TPSA) is 35.5 Å². The summed E-state index contributed by atoms with van der Waals surface area (Å²) < 4.78 is 24.4. The largest absolute Gasteiger partial charge is 0.497 e. The smallest absolute Gasteiger partial charge is 0.340 e. The van der Waals surface area contributed by atoms with Crippen LogP contribution in [0.1, 0.15) is 63.4 Å². The monoisotopic (exact) mass is 398 g/mol. The van der Waals surface area contributed by atoms with E-state index in [0.29, 0.717) is 5.92 Å². The molecule has 1 aliphatic rings. The standard InChI is InChI=1S/C25H31FO3/c1-3-4-5-24(26)25(27)29-23-16-12-21(13-17-23)19-8-6-18(7-9-19)20-10-14-22(28-2)15-11-20/h6-11,14-15,21,23-24H,3-5,12-13,16-17H2,1-2H3/t21-,23-,24-/m0/s1. The lowest BCUT2D eigenvalue weighted by atomic mass is 9.82. The fourth-order valence-corrected chi connectivity index (χ4v) is 3.98. The first-order valence-electron chi connectivity index (χ1n) is 10.7. The Morgan fingerprint density at radius 2 is 1.59 bits per heavy atom. The SMILES string of the molecule is CCCC[C@H](F)C(=O)O[C@H]1CC[C@H](c2ccc(-c3ccc(OC)cc3)cc2)CC1. The predicted octanol–water partition coefficient (Wildman–Crippen LogP) is 6.46. The van der Waals surface area contributed by atoms with Crippen molar-refractivity contribution in [3.8, 4) is 16.9 Å². The average molecular weight is 399 g/mol. The van der Waals surface area contributed by atoms with Gasteiger partial charge in [-0.3, -0.25) is 0 Å². The molecule has 0 aromatic heterocycles. The summed E-state index contributed by atoms with van der Waals surface area (Å²) in [5.74, 6) is 0.647. The summed E-state index contributed by atoms with van der Waals surface area (Å²) in [4.78, 5) is 11.9. The van der Waals surface area contributed by atoms with Crippen LogP contribution >= 0.6 is 0 Å². The molecule has 156 valence electrons. The highest BCUT2D eigenvalue weighted by Crippen LogP contribution is 2.35. The van der Waals surface area contributed by atoms with Gasteiger partial charge in [0, 0.05) is 0 Å². The molecule has 3 nitrogen and oxygen atoms in total. The zero-order chi connectivity index (χ0) is 20.6. The van der Waals surface area contributed by atoms with Gasteiger partial charge in [0.2, 0.25) is 0 Å². The molecule has 1 atom stereocenters. The second kappa shape index (κ2) is 10.4. The van der Waals surface area contributed by atoms with E-state index >= 15 is 0 Å². The first-order valence-corrected chi connectivity index (χ1v) is 10.7. The first-order chi connectivity index (χ1) is 14.1. The van der Waals surface area contributed by atoms with Gasteiger partial charge in [0.05, 0.1) is 7.11 Å². The van der Waals surface area contributed by atoms with Crippen molar-refractivity contribution in [1.29, 1.82) is 0 Å². The Bertz CT molecular complexity index is 762. The molecule has 0 heterocycles. The van der Waals surface area contributed by atoms with Gasteiger partial charge in [0.15, 0.2) is 6.17 Å². The number of ether oxygens (including phenoxy) is 2. The number of hydrogen-bond donors (Lipinski definition) is 0. The molecule has 1 fully saturated rings. The van der Waals surface area contributed by atoms with E-state index in [-0.39, 0.29) is 12.5 Å². The summed E-state index contributed by atoms with van der Waals surface area (Å²) in [6.07, 6.45) is 3.79. The molecule has 0 saturated heterocycles. The number of carbonyl (C=O) groups is 1. The number of carbonyl (C=O) groups excluding carboxylic acids is 1. The molecule has 0 amide bonds. The van der Waals surface area contributed by atoms with Gasteiger partial charge in [-0.2, -0.15) is 0 Å². The summed E-state index contributed by atoms with van der Waals surface area (Å²) in [5, 5.41) is 0. The van der Waals surface area contributed by atoms with Crippen LogP contribution in [0.15, 0.2) is 48.5 Å². The van der Waals surface area contributed by atoms with E-state index in [0.717, 1.165) is 49.8 Å². The molecular weight excluding hydrogens is 367 g/mol. The van der Waals surface area contributed by atoms with Gasteiger partial charge in [-0.05, 0) is 66.8 Å². The molecule has 0 bridgehead atoms. The third-order valence-corrected chi connectivity index (χ3v) is 5.83. The van der Waals surface area contributed by atoms with Crippen LogP contribution in [0.3, 0.4) is 0 Å². The minimum absolute atomic E-state index is 0.141. The van der Waals surface area contributed by atoms with Crippen LogP contribution in [0.5, 0.6) is 5.75 Å². The van der Waals surface area contributed by atoms with Crippen molar-refractivity contribution in [1.82, 2.24) is 0 Å². The Labute approximate surface area is 173 Å². The maximum atomic E-state index is 13.8. The zero-order valence-electron chi connectivity index (χ0n) is 17.4. The summed E-state index contributed by atoms with van der Waals surface area (Å²) >= 11 is 0. The fourth-order valence-electron chi connectivity index (χ4n) is 3.98. The second-order valence-electron chi connectivity index (χ2n) is 7.87. The van der Waals surface area contributed by atoms with Gasteiger partial charge in [0.1, 0.15) is 11.9 Å². The molecule has 0 unspecified atom stereocenters. The van der Waals surface area contributed by atoms with E-state index in [1.54, 1.807) is 7.11 Å². The Kier molecular flexibility index (Phi) is 7.68. The Balaban J connectivity index is 1.51. The lowest BCUT2D eigenvalue weighted by molar-refractivity contribution is -0.157. The van der Waals surface area contributed by atoms with Crippen molar-refractivity contribution in [2.75, 3.05) is 7.11 Å². The van der Waals surface area contributed by atoms with E-state index in [1.807, 2.05) is 19.1 Å². The van der Waals surface area contributed by atoms with Crippen LogP contribution in [-0.4, -0.2) is 25.4 Å². The van der Waals surface area contributed by atoms with E-state index in [9.17, 15) is 9.18 Å². The zero-order valence-corrected chi connectivity index (χ0v) is 17.4. The quantitative estimate of drug-likeness (QED) is 0.479. The van der Waals surface area contributed by atoms with Gasteiger partial charge in [-0.25, -0.2) is 9.18 Å². The van der Waals surface area contributed by atoms with E-state index in [4.69, 9.17) is 9.47 Å². The van der Waals surface area contributed by atoms with Gasteiger partial charge < -0.3 is 9.47 Å². The number of benzene rings is 2. The van der Waals surface area contributed by atoms with E-state index in [1.165, 1.54) is 11.1 Å². The normalized spacial score (nSPS) is 20.1. The number of esters is 1. The second-order valence-corrected chi connectivity index (χ2v) is 7.87. The third-order valence-electron chi connectivity index (χ3n) is 5.83. The predicted molar refractivity (Wildman–Crippen MR) is 114 cm³/mol. The highest BCUT2D eigenvalue weighted by molar-refractivity contribution is 5.74. The highest BCUT2D eigenvalue weighted by atomic mass is 19.1. The number of hydrogen-bond acceptors (Lipinski definition) is 3. The molecule has 1 saturated carbocycles. The minimum atomic E-state index is -1.47. The van der Waals surface area contributed by atoms with Crippen molar-refractivity contribution in [3.63, 3.8) is 0 Å². The first kappa shape index (κ1) is 21.4. The van der Waals surface area contributed by atoms with Crippen molar-refractivity contribution in [2.45, 2.75) is 70.1 Å². The van der Waals surface area contributed by atoms with Crippen molar-refractivity contribution < 1.29 is 18.7 Å². The highest BCUT2D eigenvalue weighted by Gasteiger charge is 2.27. The lowest BCUT2D eigenvalue weighted by Gasteiger charge is -2.29. The van der Waals surface area contributed by atoms with Crippen molar-refractivity contribution in [3.05, 3.63) is 54.1 Å². The van der Waals surface area contributed by atoms with Crippen LogP contribution in [0.25, 0.3) is 11.1 Å². The molecular formula is C25H31FO3. The van der Waals surface area contributed by atoms with Crippen LogP contribution in [0, 0.1) is 0 Å². The summed E-state index contributed by atoms with van der Waals surface area (Å²) in [6, 6.07) is 16.8. The van der Waals surface area contributed by atoms with Crippen molar-refractivity contribution in [2.24, 2.45) is 0 Å². The van der Waals surface area contributed by atoms with Crippen LogP contribution in [0.2, 0.25) is 0 Å². The maximum Gasteiger partial charge on any atom is 0.340 e. The molecule has 4 heteroatoms. The van der Waals surface area contributed by atoms with Crippen LogP contribution in [0.4, 0.5) is 4.39 Å². The molecule has 0 spiro atoms. The van der Waals surface area contributed by atoms with Gasteiger partial charge in [0.25, 0.3) is 0 Å². The molecule has 0 N–H and O–H groups in total. The third kappa shape index (κ3) is 5.81. The van der Waals surface area contributed by atoms with Crippen LogP contribution in [-0.2, 0) is 9.53 Å². The molecule has 0 radical (unpaired) electrons. The number of alkyl halides is 1. The molecule has 3 rings (SSSR count). The molecule has 0 aliphatic heterocycles. The number of rotatable bonds is 8. The number of unbranched alkanes of at least 4 members (excludes halogenated alkanes) is 1. The molecule has 29 heavy (non-hydrogen) atoms. The van der Waals surface area contributed by atoms with E-state index in [2.05, 4.69) is 36.4 Å². The molecule has 2 aromatic rings. The Morgan fingerprint density at radius 3 is 2.14 bits per heavy atom. The van der Waals surface area contributed by atoms with Gasteiger partial charge in [-0.15, -0.1) is 0 Å². The maximum absolute atomic E-state index is 13.8. The Hall–Kier alpha value is -2.36. The summed E-state index contributed by atoms with van der Waals surface area (Å²) in [5.41, 5.74) is 3.66. The van der Waals surface area contributed by atoms with Gasteiger partial charge in [-0.1, -0.05) is 56.2 Å². The van der Waals surface area contributed by atoms with E-state index < -0.39 is 12.1 Å². The summed E-state index contributed by atoms with van der Waals surface area (Å²) in [6.45, 7) is 1.99. The lowest BCUT2D eigenvalue weighted by Crippen LogP contribution is -2.28. The van der Waals surface area contributed by atoms with Gasteiger partial charge >= 0.3 is 5.97 Å². The fraction of sp³-hybridized carbons (Fsp3) is 0.480. The Morgan fingerprint density at radius 1 is 1.00 bits per heavy atom. The molecule has 1 aliphatic carbocycles. The minimum Gasteiger partial charge on any atom is -0.497 e. The molecule has 2 aromatic carbocycles. The average Bonchev–Trinajstić information content (AvgIpc) is 2.78. The summed E-state index contributed by atoms with van der Waals surface area (Å²) in [7, 11) is 1.67. The van der Waals surface area contributed by atoms with Crippen LogP contribution < -0.4 is 4.74 Å². The number of halogens is 1.